The standard InChI is InChI=1S/C13H18BrNO2/c1-10(14)9-15(2)13(16)8-11-4-6-12(17-3)7-5-11/h4-7,10H,8-9H2,1-3H3. The number of hydrogen-bond donors (Lipinski definition) is 0. The van der Waals surface area contributed by atoms with Crippen molar-refractivity contribution in [1.29, 1.82) is 0 Å². The maximum Gasteiger partial charge on any atom is 0.226 e. The zero-order valence-corrected chi connectivity index (χ0v) is 12.0. The largest absolute Gasteiger partial charge is 0.497 e. The minimum absolute atomic E-state index is 0.126. The van der Waals surface area contributed by atoms with Crippen LogP contribution in [-0.2, 0) is 11.2 Å². The fourth-order valence-corrected chi connectivity index (χ4v) is 1.97. The molecule has 1 unspecified atom stereocenters. The van der Waals surface area contributed by atoms with Gasteiger partial charge in [0.05, 0.1) is 13.5 Å². The Balaban J connectivity index is 2.55. The predicted octanol–water partition coefficient (Wildman–Crippen LogP) is 2.48. The Morgan fingerprint density at radius 3 is 2.47 bits per heavy atom. The van der Waals surface area contributed by atoms with Crippen LogP contribution in [0.25, 0.3) is 0 Å². The maximum absolute atomic E-state index is 11.9. The van der Waals surface area contributed by atoms with Crippen LogP contribution in [0.1, 0.15) is 12.5 Å². The van der Waals surface area contributed by atoms with Gasteiger partial charge < -0.3 is 9.64 Å². The number of amides is 1. The monoisotopic (exact) mass is 299 g/mol. The van der Waals surface area contributed by atoms with Gasteiger partial charge in [0, 0.05) is 18.4 Å². The van der Waals surface area contributed by atoms with Gasteiger partial charge in [-0.05, 0) is 17.7 Å². The van der Waals surface area contributed by atoms with E-state index in [0.717, 1.165) is 17.9 Å². The zero-order valence-electron chi connectivity index (χ0n) is 10.4. The van der Waals surface area contributed by atoms with E-state index in [1.165, 1.54) is 0 Å². The molecule has 0 heterocycles. The molecule has 1 atom stereocenters. The highest BCUT2D eigenvalue weighted by molar-refractivity contribution is 9.09. The lowest BCUT2D eigenvalue weighted by molar-refractivity contribution is -0.129. The molecule has 0 aliphatic heterocycles. The van der Waals surface area contributed by atoms with Gasteiger partial charge in [-0.25, -0.2) is 0 Å². The highest BCUT2D eigenvalue weighted by Crippen LogP contribution is 2.12. The van der Waals surface area contributed by atoms with Crippen molar-refractivity contribution in [3.05, 3.63) is 29.8 Å². The molecule has 1 aromatic rings. The van der Waals surface area contributed by atoms with Crippen LogP contribution >= 0.6 is 15.9 Å². The van der Waals surface area contributed by atoms with E-state index in [-0.39, 0.29) is 5.91 Å². The third kappa shape index (κ3) is 4.77. The molecule has 0 aliphatic carbocycles. The van der Waals surface area contributed by atoms with Crippen LogP contribution in [-0.4, -0.2) is 36.3 Å². The molecule has 1 amide bonds. The lowest BCUT2D eigenvalue weighted by Crippen LogP contribution is -2.32. The molecular formula is C13H18BrNO2. The summed E-state index contributed by atoms with van der Waals surface area (Å²) in [6, 6.07) is 7.58. The maximum atomic E-state index is 11.9. The van der Waals surface area contributed by atoms with Gasteiger partial charge in [0.15, 0.2) is 0 Å². The van der Waals surface area contributed by atoms with Crippen LogP contribution in [0.15, 0.2) is 24.3 Å². The minimum atomic E-state index is 0.126. The number of ether oxygens (including phenoxy) is 1. The van der Waals surface area contributed by atoms with Gasteiger partial charge in [-0.2, -0.15) is 0 Å². The van der Waals surface area contributed by atoms with Crippen molar-refractivity contribution in [2.45, 2.75) is 18.2 Å². The molecule has 94 valence electrons. The molecule has 0 N–H and O–H groups in total. The average Bonchev–Trinajstić information content (AvgIpc) is 2.29. The van der Waals surface area contributed by atoms with Crippen LogP contribution in [0.5, 0.6) is 5.75 Å². The molecule has 0 aromatic heterocycles. The highest BCUT2D eigenvalue weighted by Gasteiger charge is 2.11. The van der Waals surface area contributed by atoms with Crippen molar-refractivity contribution >= 4 is 21.8 Å². The topological polar surface area (TPSA) is 29.5 Å². The van der Waals surface area contributed by atoms with E-state index < -0.39 is 0 Å². The van der Waals surface area contributed by atoms with Crippen LogP contribution in [0.3, 0.4) is 0 Å². The number of carbonyl (C=O) groups excluding carboxylic acids is 1. The number of likely N-dealkylation sites (N-methyl/N-ethyl adjacent to an activating group) is 1. The summed E-state index contributed by atoms with van der Waals surface area (Å²) in [5.41, 5.74) is 1.00. The molecule has 0 fully saturated rings. The first kappa shape index (κ1) is 14.0. The summed E-state index contributed by atoms with van der Waals surface area (Å²) in [6.07, 6.45) is 0.431. The quantitative estimate of drug-likeness (QED) is 0.782. The summed E-state index contributed by atoms with van der Waals surface area (Å²) in [7, 11) is 3.45. The van der Waals surface area contributed by atoms with Gasteiger partial charge in [-0.3, -0.25) is 4.79 Å². The van der Waals surface area contributed by atoms with E-state index in [9.17, 15) is 4.79 Å². The SMILES string of the molecule is COc1ccc(CC(=O)N(C)CC(C)Br)cc1. The molecule has 0 saturated carbocycles. The van der Waals surface area contributed by atoms with Crippen LogP contribution in [0.2, 0.25) is 0 Å². The second-order valence-electron chi connectivity index (χ2n) is 4.08. The average molecular weight is 300 g/mol. The van der Waals surface area contributed by atoms with Crippen LogP contribution in [0, 0.1) is 0 Å². The summed E-state index contributed by atoms with van der Waals surface area (Å²) in [4.78, 5) is 13.9. The number of carbonyl (C=O) groups is 1. The van der Waals surface area contributed by atoms with E-state index in [1.54, 1.807) is 12.0 Å². The predicted molar refractivity (Wildman–Crippen MR) is 72.7 cm³/mol. The molecule has 0 saturated heterocycles. The van der Waals surface area contributed by atoms with E-state index in [1.807, 2.05) is 38.2 Å². The van der Waals surface area contributed by atoms with Crippen LogP contribution in [0.4, 0.5) is 0 Å². The molecular weight excluding hydrogens is 282 g/mol. The van der Waals surface area contributed by atoms with E-state index in [0.29, 0.717) is 11.2 Å². The first-order valence-corrected chi connectivity index (χ1v) is 6.45. The van der Waals surface area contributed by atoms with Crippen LogP contribution < -0.4 is 4.74 Å². The fourth-order valence-electron chi connectivity index (χ4n) is 1.53. The molecule has 4 heteroatoms. The van der Waals surface area contributed by atoms with Crippen molar-refractivity contribution in [1.82, 2.24) is 4.90 Å². The lowest BCUT2D eigenvalue weighted by atomic mass is 10.1. The second-order valence-corrected chi connectivity index (χ2v) is 5.64. The van der Waals surface area contributed by atoms with Crippen molar-refractivity contribution in [3.8, 4) is 5.75 Å². The molecule has 0 bridgehead atoms. The van der Waals surface area contributed by atoms with Gasteiger partial charge >= 0.3 is 0 Å². The highest BCUT2D eigenvalue weighted by atomic mass is 79.9. The molecule has 1 aromatic carbocycles. The van der Waals surface area contributed by atoms with Crippen molar-refractivity contribution in [2.24, 2.45) is 0 Å². The van der Waals surface area contributed by atoms with E-state index in [2.05, 4.69) is 15.9 Å². The zero-order chi connectivity index (χ0) is 12.8. The first-order valence-electron chi connectivity index (χ1n) is 5.54. The van der Waals surface area contributed by atoms with Gasteiger partial charge in [0.2, 0.25) is 5.91 Å². The Morgan fingerprint density at radius 1 is 1.41 bits per heavy atom. The number of nitrogens with zero attached hydrogens (tertiary/aromatic N) is 1. The number of rotatable bonds is 5. The Kier molecular flexibility index (Phi) is 5.48. The summed E-state index contributed by atoms with van der Waals surface area (Å²) in [5, 5.41) is 0. The molecule has 0 aliphatic rings. The number of benzene rings is 1. The second kappa shape index (κ2) is 6.64. The van der Waals surface area contributed by atoms with Gasteiger partial charge in [-0.1, -0.05) is 35.0 Å². The Bertz CT molecular complexity index is 362. The van der Waals surface area contributed by atoms with Gasteiger partial charge in [-0.15, -0.1) is 0 Å². The molecule has 0 spiro atoms. The lowest BCUT2D eigenvalue weighted by Gasteiger charge is -2.18. The Morgan fingerprint density at radius 2 is 2.00 bits per heavy atom. The van der Waals surface area contributed by atoms with Crippen molar-refractivity contribution in [3.63, 3.8) is 0 Å². The number of methoxy groups -OCH3 is 1. The Labute approximate surface area is 111 Å². The summed E-state index contributed by atoms with van der Waals surface area (Å²) < 4.78 is 5.07. The summed E-state index contributed by atoms with van der Waals surface area (Å²) >= 11 is 3.44. The smallest absolute Gasteiger partial charge is 0.226 e. The number of halogens is 1. The third-order valence-electron chi connectivity index (χ3n) is 2.47. The van der Waals surface area contributed by atoms with Crippen molar-refractivity contribution < 1.29 is 9.53 Å². The number of hydrogen-bond acceptors (Lipinski definition) is 2. The van der Waals surface area contributed by atoms with Crippen molar-refractivity contribution in [2.75, 3.05) is 20.7 Å². The molecule has 1 rings (SSSR count). The molecule has 3 nitrogen and oxygen atoms in total. The first-order chi connectivity index (χ1) is 8.02. The normalized spacial score (nSPS) is 12.0. The minimum Gasteiger partial charge on any atom is -0.497 e. The fraction of sp³-hybridized carbons (Fsp3) is 0.462. The summed E-state index contributed by atoms with van der Waals surface area (Å²) in [5.74, 6) is 0.935. The van der Waals surface area contributed by atoms with E-state index in [4.69, 9.17) is 4.74 Å². The Hall–Kier alpha value is -1.03. The van der Waals surface area contributed by atoms with Gasteiger partial charge in [0.25, 0.3) is 0 Å². The summed E-state index contributed by atoms with van der Waals surface area (Å²) in [6.45, 7) is 2.74. The third-order valence-corrected chi connectivity index (χ3v) is 2.76. The molecule has 17 heavy (non-hydrogen) atoms. The number of alkyl halides is 1. The molecule has 0 radical (unpaired) electrons. The van der Waals surface area contributed by atoms with Gasteiger partial charge in [0.1, 0.15) is 5.75 Å². The van der Waals surface area contributed by atoms with E-state index >= 15 is 0 Å².